The van der Waals surface area contributed by atoms with Crippen LogP contribution in [-0.4, -0.2) is 0 Å². The highest BCUT2D eigenvalue weighted by Gasteiger charge is 2.16. The first kappa shape index (κ1) is 15.9. The summed E-state index contributed by atoms with van der Waals surface area (Å²) in [5, 5.41) is 0. The zero-order valence-corrected chi connectivity index (χ0v) is 14.7. The molecule has 5 heteroatoms. The molecule has 2 rings (SSSR count). The van der Waals surface area contributed by atoms with Crippen LogP contribution in [0.15, 0.2) is 40.9 Å². The Bertz CT molecular complexity index is 619. The van der Waals surface area contributed by atoms with Gasteiger partial charge in [0.2, 0.25) is 0 Å². The van der Waals surface area contributed by atoms with E-state index in [0.717, 1.165) is 13.6 Å². The number of nitrogens with one attached hydrogen (secondary N) is 1. The molecule has 20 heavy (non-hydrogen) atoms. The van der Waals surface area contributed by atoms with E-state index in [9.17, 15) is 4.39 Å². The molecular formula is C15H15BrFIN2. The van der Waals surface area contributed by atoms with Crippen molar-refractivity contribution in [3.63, 3.8) is 0 Å². The predicted octanol–water partition coefficient (Wildman–Crippen LogP) is 4.25. The van der Waals surface area contributed by atoms with Crippen molar-refractivity contribution in [1.29, 1.82) is 0 Å². The van der Waals surface area contributed by atoms with Crippen LogP contribution in [0.1, 0.15) is 22.7 Å². The quantitative estimate of drug-likeness (QED) is 0.417. The van der Waals surface area contributed by atoms with E-state index in [0.29, 0.717) is 12.0 Å². The van der Waals surface area contributed by atoms with Crippen LogP contribution >= 0.6 is 38.5 Å². The minimum absolute atomic E-state index is 0.113. The first-order chi connectivity index (χ1) is 9.52. The lowest BCUT2D eigenvalue weighted by Crippen LogP contribution is -2.30. The van der Waals surface area contributed by atoms with Crippen molar-refractivity contribution in [2.24, 2.45) is 5.84 Å². The highest BCUT2D eigenvalue weighted by Crippen LogP contribution is 2.26. The Labute approximate surface area is 140 Å². The lowest BCUT2D eigenvalue weighted by atomic mass is 9.98. The number of hydrogen-bond donors (Lipinski definition) is 2. The molecule has 0 fully saturated rings. The Morgan fingerprint density at radius 2 is 2.10 bits per heavy atom. The number of hydrogen-bond acceptors (Lipinski definition) is 2. The molecule has 2 nitrogen and oxygen atoms in total. The Hall–Kier alpha value is -0.500. The maximum Gasteiger partial charge on any atom is 0.127 e. The molecule has 3 N–H and O–H groups in total. The van der Waals surface area contributed by atoms with Gasteiger partial charge in [-0.15, -0.1) is 0 Å². The topological polar surface area (TPSA) is 38.0 Å². The molecular weight excluding hydrogens is 434 g/mol. The highest BCUT2D eigenvalue weighted by atomic mass is 127. The number of rotatable bonds is 4. The molecule has 106 valence electrons. The van der Waals surface area contributed by atoms with Gasteiger partial charge in [0.25, 0.3) is 0 Å². The van der Waals surface area contributed by atoms with Gasteiger partial charge in [0.15, 0.2) is 0 Å². The smallest absolute Gasteiger partial charge is 0.127 e. The lowest BCUT2D eigenvalue weighted by Gasteiger charge is -2.19. The van der Waals surface area contributed by atoms with Crippen molar-refractivity contribution < 1.29 is 4.39 Å². The van der Waals surface area contributed by atoms with E-state index >= 15 is 0 Å². The third-order valence-corrected chi connectivity index (χ3v) is 5.20. The predicted molar refractivity (Wildman–Crippen MR) is 91.8 cm³/mol. The summed E-state index contributed by atoms with van der Waals surface area (Å²) in [6.07, 6.45) is 0.509. The van der Waals surface area contributed by atoms with Crippen LogP contribution in [0.4, 0.5) is 4.39 Å². The third-order valence-electron chi connectivity index (χ3n) is 3.24. The number of nitrogens with two attached hydrogens (primary N) is 1. The van der Waals surface area contributed by atoms with Gasteiger partial charge in [-0.3, -0.25) is 11.3 Å². The number of benzene rings is 2. The molecule has 0 saturated carbocycles. The van der Waals surface area contributed by atoms with Crippen molar-refractivity contribution >= 4 is 38.5 Å². The second-order valence-electron chi connectivity index (χ2n) is 4.64. The fraction of sp³-hybridized carbons (Fsp3) is 0.200. The van der Waals surface area contributed by atoms with Crippen LogP contribution < -0.4 is 11.3 Å². The molecule has 1 atom stereocenters. The zero-order valence-electron chi connectivity index (χ0n) is 11.0. The standard InChI is InChI=1S/C15H15BrFIN2/c1-9-3-2-4-12(15(9)18)14(20-19)7-10-5-6-11(16)8-13(10)17/h2-6,8,14,20H,7,19H2,1H3. The number of hydrazine groups is 1. The Morgan fingerprint density at radius 1 is 1.35 bits per heavy atom. The summed E-state index contributed by atoms with van der Waals surface area (Å²) in [6, 6.07) is 11.1. The van der Waals surface area contributed by atoms with Gasteiger partial charge in [-0.05, 0) is 64.8 Å². The molecule has 0 aliphatic carbocycles. The molecule has 0 aliphatic heterocycles. The maximum absolute atomic E-state index is 13.9. The van der Waals surface area contributed by atoms with Gasteiger partial charge in [-0.1, -0.05) is 40.2 Å². The largest absolute Gasteiger partial charge is 0.271 e. The molecule has 0 spiro atoms. The van der Waals surface area contributed by atoms with Crippen molar-refractivity contribution in [2.45, 2.75) is 19.4 Å². The molecule has 1 unspecified atom stereocenters. The van der Waals surface area contributed by atoms with E-state index in [1.807, 2.05) is 18.2 Å². The first-order valence-corrected chi connectivity index (χ1v) is 8.05. The molecule has 0 bridgehead atoms. The van der Waals surface area contributed by atoms with Gasteiger partial charge in [0, 0.05) is 8.04 Å². The fourth-order valence-corrected chi connectivity index (χ4v) is 3.17. The van der Waals surface area contributed by atoms with Gasteiger partial charge in [-0.2, -0.15) is 0 Å². The van der Waals surface area contributed by atoms with Gasteiger partial charge < -0.3 is 0 Å². The first-order valence-electron chi connectivity index (χ1n) is 6.18. The van der Waals surface area contributed by atoms with E-state index in [4.69, 9.17) is 5.84 Å². The SMILES string of the molecule is Cc1cccc(C(Cc2ccc(Br)cc2F)NN)c1I. The van der Waals surface area contributed by atoms with Crippen molar-refractivity contribution in [3.05, 3.63) is 66.9 Å². The minimum atomic E-state index is -0.220. The van der Waals surface area contributed by atoms with E-state index < -0.39 is 0 Å². The molecule has 0 saturated heterocycles. The molecule has 2 aromatic carbocycles. The fourth-order valence-electron chi connectivity index (χ4n) is 2.11. The molecule has 0 aromatic heterocycles. The maximum atomic E-state index is 13.9. The summed E-state index contributed by atoms with van der Waals surface area (Å²) in [6.45, 7) is 2.05. The summed E-state index contributed by atoms with van der Waals surface area (Å²) < 4.78 is 15.8. The van der Waals surface area contributed by atoms with Crippen LogP contribution in [0.5, 0.6) is 0 Å². The van der Waals surface area contributed by atoms with Gasteiger partial charge >= 0.3 is 0 Å². The molecule has 2 aromatic rings. The van der Waals surface area contributed by atoms with E-state index in [-0.39, 0.29) is 11.9 Å². The summed E-state index contributed by atoms with van der Waals surface area (Å²) in [7, 11) is 0. The summed E-state index contributed by atoms with van der Waals surface area (Å²) >= 11 is 5.57. The monoisotopic (exact) mass is 448 g/mol. The summed E-state index contributed by atoms with van der Waals surface area (Å²) in [5.41, 5.74) is 5.73. The minimum Gasteiger partial charge on any atom is -0.271 e. The van der Waals surface area contributed by atoms with E-state index in [1.165, 1.54) is 11.6 Å². The molecule has 0 aliphatic rings. The molecule has 0 amide bonds. The zero-order chi connectivity index (χ0) is 14.7. The van der Waals surface area contributed by atoms with Crippen LogP contribution in [0.2, 0.25) is 0 Å². The van der Waals surface area contributed by atoms with Crippen molar-refractivity contribution in [2.75, 3.05) is 0 Å². The normalized spacial score (nSPS) is 12.4. The average molecular weight is 449 g/mol. The lowest BCUT2D eigenvalue weighted by molar-refractivity contribution is 0.527. The second-order valence-corrected chi connectivity index (χ2v) is 6.63. The van der Waals surface area contributed by atoms with Crippen molar-refractivity contribution in [3.8, 4) is 0 Å². The summed E-state index contributed by atoms with van der Waals surface area (Å²) in [5.74, 6) is 5.45. The van der Waals surface area contributed by atoms with E-state index in [1.54, 1.807) is 6.07 Å². The summed E-state index contributed by atoms with van der Waals surface area (Å²) in [4.78, 5) is 0. The Morgan fingerprint density at radius 3 is 2.75 bits per heavy atom. The third kappa shape index (κ3) is 3.58. The van der Waals surface area contributed by atoms with Crippen molar-refractivity contribution in [1.82, 2.24) is 5.43 Å². The second kappa shape index (κ2) is 6.98. The Kier molecular flexibility index (Phi) is 5.54. The number of aryl methyl sites for hydroxylation is 1. The van der Waals surface area contributed by atoms with Gasteiger partial charge in [0.05, 0.1) is 6.04 Å². The molecule has 0 heterocycles. The molecule has 0 radical (unpaired) electrons. The number of halogens is 3. The average Bonchev–Trinajstić information content (AvgIpc) is 2.42. The van der Waals surface area contributed by atoms with E-state index in [2.05, 4.69) is 56.9 Å². The van der Waals surface area contributed by atoms with Crippen LogP contribution in [0, 0.1) is 16.3 Å². The Balaban J connectivity index is 2.31. The van der Waals surface area contributed by atoms with Crippen LogP contribution in [-0.2, 0) is 6.42 Å². The van der Waals surface area contributed by atoms with Crippen LogP contribution in [0.25, 0.3) is 0 Å². The van der Waals surface area contributed by atoms with Gasteiger partial charge in [-0.25, -0.2) is 4.39 Å². The van der Waals surface area contributed by atoms with Gasteiger partial charge in [0.1, 0.15) is 5.82 Å². The highest BCUT2D eigenvalue weighted by molar-refractivity contribution is 14.1. The van der Waals surface area contributed by atoms with Crippen LogP contribution in [0.3, 0.4) is 0 Å².